The maximum atomic E-state index is 13.2. The lowest BCUT2D eigenvalue weighted by Crippen LogP contribution is -2.46. The van der Waals surface area contributed by atoms with Gasteiger partial charge in [-0.05, 0) is 18.2 Å². The molecule has 0 saturated heterocycles. The fourth-order valence-electron chi connectivity index (χ4n) is 3.10. The Balaban J connectivity index is 1.76. The molecule has 1 aliphatic rings. The number of phenolic OH excluding ortho intramolecular Hbond substituents is 1. The fraction of sp³-hybridized carbons (Fsp3) is 0.200. The molecule has 2 aromatic carbocycles. The van der Waals surface area contributed by atoms with Crippen LogP contribution in [0, 0.1) is 0 Å². The molecule has 132 valence electrons. The molecule has 0 spiro atoms. The van der Waals surface area contributed by atoms with Gasteiger partial charge in [0.05, 0.1) is 14.1 Å². The van der Waals surface area contributed by atoms with Gasteiger partial charge < -0.3 is 14.6 Å². The van der Waals surface area contributed by atoms with Crippen molar-refractivity contribution in [3.8, 4) is 17.2 Å². The van der Waals surface area contributed by atoms with E-state index in [1.807, 2.05) is 18.2 Å². The van der Waals surface area contributed by atoms with E-state index < -0.39 is 0 Å². The van der Waals surface area contributed by atoms with Crippen LogP contribution >= 0.6 is 0 Å². The molecule has 0 atom stereocenters. The predicted molar refractivity (Wildman–Crippen MR) is 98.8 cm³/mol. The number of amides is 1. The van der Waals surface area contributed by atoms with Crippen molar-refractivity contribution >= 4 is 22.5 Å². The van der Waals surface area contributed by atoms with Crippen LogP contribution in [-0.2, 0) is 0 Å². The molecule has 2 heterocycles. The SMILES string of the molecule is C[N+](C)(C(=O)c1ccc2cccnc2c1O)c1ccc2c(c1)OCCO2. The van der Waals surface area contributed by atoms with Crippen LogP contribution in [0.2, 0.25) is 0 Å². The normalized spacial score (nSPS) is 13.6. The lowest BCUT2D eigenvalue weighted by atomic mass is 10.1. The van der Waals surface area contributed by atoms with Gasteiger partial charge in [-0.2, -0.15) is 0 Å². The number of rotatable bonds is 2. The number of benzene rings is 2. The third kappa shape index (κ3) is 2.55. The molecule has 0 bridgehead atoms. The van der Waals surface area contributed by atoms with Crippen molar-refractivity contribution in [3.05, 3.63) is 54.2 Å². The molecule has 1 N–H and O–H groups in total. The molecule has 4 rings (SSSR count). The minimum Gasteiger partial charge on any atom is -0.505 e. The smallest absolute Gasteiger partial charge is 0.354 e. The summed E-state index contributed by atoms with van der Waals surface area (Å²) >= 11 is 0. The van der Waals surface area contributed by atoms with Crippen LogP contribution in [0.5, 0.6) is 17.2 Å². The van der Waals surface area contributed by atoms with Crippen LogP contribution < -0.4 is 14.0 Å². The molecule has 0 radical (unpaired) electrons. The number of nitrogens with zero attached hydrogens (tertiary/aromatic N) is 2. The Morgan fingerprint density at radius 3 is 2.65 bits per heavy atom. The van der Waals surface area contributed by atoms with E-state index in [0.717, 1.165) is 11.1 Å². The van der Waals surface area contributed by atoms with Gasteiger partial charge in [0, 0.05) is 23.7 Å². The number of phenols is 1. The number of quaternary nitrogens is 1. The Morgan fingerprint density at radius 1 is 1.08 bits per heavy atom. The Labute approximate surface area is 150 Å². The molecule has 1 aromatic heterocycles. The Morgan fingerprint density at radius 2 is 1.85 bits per heavy atom. The third-order valence-electron chi connectivity index (χ3n) is 4.66. The zero-order valence-corrected chi connectivity index (χ0v) is 14.6. The average Bonchev–Trinajstić information content (AvgIpc) is 2.67. The van der Waals surface area contributed by atoms with Crippen LogP contribution in [0.3, 0.4) is 0 Å². The fourth-order valence-corrected chi connectivity index (χ4v) is 3.10. The maximum Gasteiger partial charge on any atom is 0.354 e. The number of hydrogen-bond acceptors (Lipinski definition) is 5. The monoisotopic (exact) mass is 351 g/mol. The second kappa shape index (κ2) is 6.00. The van der Waals surface area contributed by atoms with Crippen LogP contribution in [-0.4, -0.2) is 43.3 Å². The largest absolute Gasteiger partial charge is 0.505 e. The molecule has 1 aliphatic heterocycles. The second-order valence-electron chi connectivity index (χ2n) is 6.62. The number of pyridine rings is 1. The summed E-state index contributed by atoms with van der Waals surface area (Å²) in [6.45, 7) is 0.996. The first-order chi connectivity index (χ1) is 12.5. The molecule has 3 aromatic rings. The van der Waals surface area contributed by atoms with Crippen LogP contribution in [0.25, 0.3) is 10.9 Å². The zero-order valence-electron chi connectivity index (χ0n) is 14.6. The first-order valence-corrected chi connectivity index (χ1v) is 8.34. The molecule has 1 amide bonds. The van der Waals surface area contributed by atoms with Crippen molar-refractivity contribution in [1.82, 2.24) is 9.47 Å². The molecule has 6 nitrogen and oxygen atoms in total. The van der Waals surface area contributed by atoms with E-state index in [9.17, 15) is 9.90 Å². The van der Waals surface area contributed by atoms with E-state index in [2.05, 4.69) is 4.98 Å². The van der Waals surface area contributed by atoms with Crippen LogP contribution in [0.15, 0.2) is 48.7 Å². The summed E-state index contributed by atoms with van der Waals surface area (Å²) in [6.07, 6.45) is 1.59. The standard InChI is InChI=1S/C20H18N2O4/c1-22(2,14-6-8-16-17(12-14)26-11-10-25-16)20(24)15-7-5-13-4-3-9-21-18(13)19(15)23/h3-9,12H,10-11H2,1-2H3/p+1. The molecular formula is C20H19N2O4+. The lowest BCUT2D eigenvalue weighted by molar-refractivity contribution is 0.0828. The Hall–Kier alpha value is -3.12. The van der Waals surface area contributed by atoms with E-state index in [1.165, 1.54) is 0 Å². The first kappa shape index (κ1) is 16.4. The summed E-state index contributed by atoms with van der Waals surface area (Å²) in [5.41, 5.74) is 1.39. The topological polar surface area (TPSA) is 68.7 Å². The van der Waals surface area contributed by atoms with Gasteiger partial charge in [-0.15, -0.1) is 0 Å². The summed E-state index contributed by atoms with van der Waals surface area (Å²) in [5.74, 6) is 0.950. The van der Waals surface area contributed by atoms with E-state index in [0.29, 0.717) is 30.2 Å². The molecule has 0 aliphatic carbocycles. The van der Waals surface area contributed by atoms with Gasteiger partial charge in [-0.25, -0.2) is 9.28 Å². The van der Waals surface area contributed by atoms with E-state index in [-0.39, 0.29) is 21.7 Å². The molecule has 6 heteroatoms. The molecule has 0 unspecified atom stereocenters. The molecule has 0 saturated carbocycles. The van der Waals surface area contributed by atoms with Crippen molar-refractivity contribution in [3.63, 3.8) is 0 Å². The van der Waals surface area contributed by atoms with E-state index in [4.69, 9.17) is 9.47 Å². The summed E-state index contributed by atoms with van der Waals surface area (Å²) in [7, 11) is 3.55. The highest BCUT2D eigenvalue weighted by atomic mass is 16.6. The van der Waals surface area contributed by atoms with Crippen molar-refractivity contribution in [2.24, 2.45) is 0 Å². The minimum atomic E-state index is -0.244. The number of hydrogen-bond donors (Lipinski definition) is 1. The highest BCUT2D eigenvalue weighted by molar-refractivity contribution is 6.07. The zero-order chi connectivity index (χ0) is 18.3. The minimum absolute atomic E-state index is 0.0808. The molecule has 0 fully saturated rings. The number of fused-ring (bicyclic) bond motifs is 2. The number of carbonyl (C=O) groups excluding carboxylic acids is 1. The highest BCUT2D eigenvalue weighted by Gasteiger charge is 2.34. The summed E-state index contributed by atoms with van der Waals surface area (Å²) in [6, 6.07) is 12.5. The van der Waals surface area contributed by atoms with Gasteiger partial charge in [0.15, 0.2) is 17.2 Å². The van der Waals surface area contributed by atoms with Gasteiger partial charge in [0.25, 0.3) is 0 Å². The predicted octanol–water partition coefficient (Wildman–Crippen LogP) is 3.12. The Kier molecular flexibility index (Phi) is 3.77. The van der Waals surface area contributed by atoms with E-state index in [1.54, 1.807) is 44.6 Å². The van der Waals surface area contributed by atoms with Gasteiger partial charge in [0.1, 0.15) is 30.0 Å². The highest BCUT2D eigenvalue weighted by Crippen LogP contribution is 2.37. The number of ether oxygens (including phenoxy) is 2. The van der Waals surface area contributed by atoms with Crippen molar-refractivity contribution in [2.45, 2.75) is 0 Å². The Bertz CT molecular complexity index is 1010. The number of aromatic hydroxyl groups is 1. The first-order valence-electron chi connectivity index (χ1n) is 8.34. The van der Waals surface area contributed by atoms with Crippen molar-refractivity contribution < 1.29 is 19.4 Å². The van der Waals surface area contributed by atoms with Gasteiger partial charge >= 0.3 is 5.91 Å². The van der Waals surface area contributed by atoms with Crippen LogP contribution in [0.4, 0.5) is 5.69 Å². The van der Waals surface area contributed by atoms with E-state index >= 15 is 0 Å². The van der Waals surface area contributed by atoms with Gasteiger partial charge in [-0.1, -0.05) is 12.1 Å². The maximum absolute atomic E-state index is 13.2. The third-order valence-corrected chi connectivity index (χ3v) is 4.66. The number of carbonyl (C=O) groups is 1. The summed E-state index contributed by atoms with van der Waals surface area (Å²) in [4.78, 5) is 17.4. The van der Waals surface area contributed by atoms with Crippen molar-refractivity contribution in [2.75, 3.05) is 27.3 Å². The summed E-state index contributed by atoms with van der Waals surface area (Å²) < 4.78 is 11.1. The summed E-state index contributed by atoms with van der Waals surface area (Å²) in [5, 5.41) is 11.4. The number of aromatic nitrogens is 1. The van der Waals surface area contributed by atoms with Gasteiger partial charge in [-0.3, -0.25) is 4.98 Å². The van der Waals surface area contributed by atoms with Crippen molar-refractivity contribution in [1.29, 1.82) is 0 Å². The molecule has 26 heavy (non-hydrogen) atoms. The van der Waals surface area contributed by atoms with Gasteiger partial charge in [0.2, 0.25) is 0 Å². The molecular weight excluding hydrogens is 332 g/mol. The lowest BCUT2D eigenvalue weighted by Gasteiger charge is -2.28. The van der Waals surface area contributed by atoms with Crippen LogP contribution in [0.1, 0.15) is 10.4 Å². The second-order valence-corrected chi connectivity index (χ2v) is 6.62. The average molecular weight is 351 g/mol. The quantitative estimate of drug-likeness (QED) is 0.719.